The van der Waals surface area contributed by atoms with Crippen molar-refractivity contribution >= 4 is 28.3 Å². The van der Waals surface area contributed by atoms with Crippen LogP contribution in [0.5, 0.6) is 0 Å². The first-order chi connectivity index (χ1) is 18.7. The van der Waals surface area contributed by atoms with Crippen LogP contribution in [0.25, 0.3) is 11.0 Å². The quantitative estimate of drug-likeness (QED) is 0.260. The fraction of sp³-hybridized carbons (Fsp3) is 0.379. The van der Waals surface area contributed by atoms with Crippen molar-refractivity contribution < 1.29 is 17.1 Å². The molecule has 0 radical (unpaired) electrons. The Morgan fingerprint density at radius 2 is 1.74 bits per heavy atom. The lowest BCUT2D eigenvalue weighted by atomic mass is 10.0. The molecule has 0 amide bonds. The summed E-state index contributed by atoms with van der Waals surface area (Å²) in [7, 11) is 1.00. The summed E-state index contributed by atoms with van der Waals surface area (Å²) in [5.74, 6) is 0.598. The third-order valence-corrected chi connectivity index (χ3v) is 6.80. The monoisotopic (exact) mass is 522 g/mol. The highest BCUT2D eigenvalue weighted by Gasteiger charge is 2.15. The second kappa shape index (κ2) is 13.9. The third-order valence-electron chi connectivity index (χ3n) is 6.80. The number of benzene rings is 2. The summed E-state index contributed by atoms with van der Waals surface area (Å²) in [6, 6.07) is 14.7. The van der Waals surface area contributed by atoms with Crippen molar-refractivity contribution in [2.24, 2.45) is 5.73 Å². The van der Waals surface area contributed by atoms with Gasteiger partial charge in [0.2, 0.25) is 5.95 Å². The van der Waals surface area contributed by atoms with E-state index in [0.717, 1.165) is 80.5 Å². The highest BCUT2D eigenvalue weighted by molar-refractivity contribution is 5.81. The smallest absolute Gasteiger partial charge is 0.227 e. The number of aromatic nitrogens is 2. The predicted molar refractivity (Wildman–Crippen MR) is 156 cm³/mol. The van der Waals surface area contributed by atoms with Gasteiger partial charge in [-0.3, -0.25) is 0 Å². The fourth-order valence-electron chi connectivity index (χ4n) is 4.71. The maximum absolute atomic E-state index is 7.00. The van der Waals surface area contributed by atoms with Gasteiger partial charge in [-0.25, -0.2) is 9.97 Å². The summed E-state index contributed by atoms with van der Waals surface area (Å²) < 4.78 is 11.0. The number of aliphatic hydroxyl groups is 1. The van der Waals surface area contributed by atoms with Crippen molar-refractivity contribution in [3.05, 3.63) is 77.8 Å². The van der Waals surface area contributed by atoms with Crippen LogP contribution in [0.4, 0.5) is 17.3 Å². The normalized spacial score (nSPS) is 13.8. The van der Waals surface area contributed by atoms with Crippen molar-refractivity contribution in [3.63, 3.8) is 0 Å². The number of piperazine rings is 1. The first-order valence-corrected chi connectivity index (χ1v) is 13.1. The highest BCUT2D eigenvalue weighted by Crippen LogP contribution is 2.25. The van der Waals surface area contributed by atoms with Gasteiger partial charge in [0.1, 0.15) is 5.58 Å². The van der Waals surface area contributed by atoms with E-state index in [0.29, 0.717) is 12.6 Å². The molecule has 4 aromatic rings. The molecule has 206 valence electrons. The molecule has 5 rings (SSSR count). The zero-order chi connectivity index (χ0) is 26.7. The van der Waals surface area contributed by atoms with Crippen molar-refractivity contribution in [1.29, 1.82) is 0 Å². The first-order valence-electron chi connectivity index (χ1n) is 13.1. The van der Waals surface area contributed by atoms with Gasteiger partial charge in [-0.1, -0.05) is 13.0 Å². The summed E-state index contributed by atoms with van der Waals surface area (Å²) in [5.41, 5.74) is 12.0. The number of rotatable bonds is 10. The number of anilines is 3. The molecule has 3 heterocycles. The number of likely N-dealkylation sites (N-methyl/N-ethyl adjacent to an activating group) is 1. The number of nitrogens with one attached hydrogen (secondary N) is 1. The van der Waals surface area contributed by atoms with E-state index in [-0.39, 0.29) is 9.58 Å². The van der Waals surface area contributed by atoms with Gasteiger partial charge in [-0.15, -0.1) is 0 Å². The minimum Gasteiger partial charge on any atom is -0.464 e. The van der Waals surface area contributed by atoms with Gasteiger partial charge in [-0.2, -0.15) is 0 Å². The Bertz CT molecular complexity index is 1260. The average molecular weight is 523 g/mol. The molecule has 9 nitrogen and oxygen atoms in total. The minimum absolute atomic E-state index is 0. The standard InChI is InChI=1S/C28H34N6O2.CH4O.2H2/c1-2-33-10-12-34(13-11-33)25-7-5-24(6-8-25)32-28-30-17-21(18-31-28)3-4-23-15-22(19-35-20-29)16-27-26(23)9-14-36-27;1-2;;/h5-9,14-18H,2-4,10-13,19-20,29H2,1H3,(H,30,31,32);2H,1H3;2*1H. The van der Waals surface area contributed by atoms with E-state index in [2.05, 4.69) is 62.3 Å². The van der Waals surface area contributed by atoms with Crippen LogP contribution in [-0.4, -0.2) is 66.5 Å². The number of hydrogen-bond acceptors (Lipinski definition) is 9. The molecule has 9 heteroatoms. The van der Waals surface area contributed by atoms with Crippen molar-refractivity contribution in [2.45, 2.75) is 26.4 Å². The third kappa shape index (κ3) is 7.08. The van der Waals surface area contributed by atoms with Crippen LogP contribution in [0.3, 0.4) is 0 Å². The number of furan rings is 1. The van der Waals surface area contributed by atoms with Crippen molar-refractivity contribution in [2.75, 3.05) is 56.8 Å². The average Bonchev–Trinajstić information content (AvgIpc) is 3.46. The van der Waals surface area contributed by atoms with Crippen LogP contribution in [0.1, 0.15) is 26.5 Å². The molecule has 2 aromatic carbocycles. The van der Waals surface area contributed by atoms with Crippen LogP contribution < -0.4 is 16.0 Å². The molecule has 0 bridgehead atoms. The van der Waals surface area contributed by atoms with E-state index in [1.807, 2.05) is 24.5 Å². The second-order valence-electron chi connectivity index (χ2n) is 9.11. The zero-order valence-electron chi connectivity index (χ0n) is 22.3. The van der Waals surface area contributed by atoms with E-state index in [1.165, 1.54) is 11.3 Å². The minimum atomic E-state index is 0. The number of hydrogen-bond donors (Lipinski definition) is 3. The Balaban J connectivity index is 0.00000137. The summed E-state index contributed by atoms with van der Waals surface area (Å²) in [5, 5.41) is 11.4. The van der Waals surface area contributed by atoms with Crippen molar-refractivity contribution in [1.82, 2.24) is 14.9 Å². The molecule has 1 fully saturated rings. The molecule has 1 aliphatic rings. The van der Waals surface area contributed by atoms with Crippen LogP contribution in [0.2, 0.25) is 0 Å². The largest absolute Gasteiger partial charge is 0.464 e. The Morgan fingerprint density at radius 3 is 2.42 bits per heavy atom. The number of nitrogens with zero attached hydrogens (tertiary/aromatic N) is 4. The van der Waals surface area contributed by atoms with Gasteiger partial charge in [0.05, 0.1) is 19.6 Å². The van der Waals surface area contributed by atoms with Crippen LogP contribution >= 0.6 is 0 Å². The van der Waals surface area contributed by atoms with Gasteiger partial charge >= 0.3 is 0 Å². The molecule has 1 saturated heterocycles. The summed E-state index contributed by atoms with van der Waals surface area (Å²) in [4.78, 5) is 14.0. The number of aliphatic hydroxyl groups excluding tert-OH is 1. The van der Waals surface area contributed by atoms with E-state index in [4.69, 9.17) is 20.0 Å². The van der Waals surface area contributed by atoms with Crippen LogP contribution in [-0.2, 0) is 24.2 Å². The first kappa shape index (κ1) is 27.5. The summed E-state index contributed by atoms with van der Waals surface area (Å²) in [6.07, 6.45) is 7.21. The lowest BCUT2D eigenvalue weighted by Crippen LogP contribution is -2.46. The molecule has 0 unspecified atom stereocenters. The van der Waals surface area contributed by atoms with E-state index in [1.54, 1.807) is 6.26 Å². The SMILES string of the molecule is CCN1CCN(c2ccc(Nc3ncc(CCc4cc(COCN)cc5occc45)cn3)cc2)CC1.CO.[HH].[HH]. The van der Waals surface area contributed by atoms with Crippen molar-refractivity contribution in [3.8, 4) is 0 Å². The molecule has 0 atom stereocenters. The topological polar surface area (TPSA) is 113 Å². The van der Waals surface area contributed by atoms with Gasteiger partial charge in [-0.05, 0) is 72.5 Å². The zero-order valence-corrected chi connectivity index (χ0v) is 22.3. The molecular formula is C29H42N6O3. The Labute approximate surface area is 227 Å². The van der Waals surface area contributed by atoms with Gasteiger partial charge in [0.25, 0.3) is 0 Å². The lowest BCUT2D eigenvalue weighted by Gasteiger charge is -2.35. The number of nitrogens with two attached hydrogens (primary N) is 1. The van der Waals surface area contributed by atoms with Crippen LogP contribution in [0.15, 0.2) is 65.5 Å². The number of fused-ring (bicyclic) bond motifs is 1. The maximum Gasteiger partial charge on any atom is 0.227 e. The van der Waals surface area contributed by atoms with E-state index < -0.39 is 0 Å². The van der Waals surface area contributed by atoms with Gasteiger partial charge < -0.3 is 35.1 Å². The molecule has 1 aliphatic heterocycles. The second-order valence-corrected chi connectivity index (χ2v) is 9.11. The molecule has 38 heavy (non-hydrogen) atoms. The maximum atomic E-state index is 7.00. The highest BCUT2D eigenvalue weighted by atomic mass is 16.5. The van der Waals surface area contributed by atoms with E-state index >= 15 is 0 Å². The summed E-state index contributed by atoms with van der Waals surface area (Å²) >= 11 is 0. The molecule has 0 saturated carbocycles. The molecule has 0 aliphatic carbocycles. The Hall–Kier alpha value is -3.50. The molecule has 2 aromatic heterocycles. The number of ether oxygens (including phenoxy) is 1. The van der Waals surface area contributed by atoms with Gasteiger partial charge in [0.15, 0.2) is 0 Å². The Kier molecular flexibility index (Phi) is 10.1. The lowest BCUT2D eigenvalue weighted by molar-refractivity contribution is 0.127. The molecule has 0 spiro atoms. The predicted octanol–water partition coefficient (Wildman–Crippen LogP) is 4.43. The molecular weight excluding hydrogens is 480 g/mol. The summed E-state index contributed by atoms with van der Waals surface area (Å²) in [6.45, 7) is 8.41. The fourth-order valence-corrected chi connectivity index (χ4v) is 4.71. The van der Waals surface area contributed by atoms with Gasteiger partial charge in [0, 0.05) is 65.3 Å². The van der Waals surface area contributed by atoms with E-state index in [9.17, 15) is 0 Å². The molecule has 4 N–H and O–H groups in total. The van der Waals surface area contributed by atoms with Crippen LogP contribution in [0, 0.1) is 0 Å². The Morgan fingerprint density at radius 1 is 1.00 bits per heavy atom. The number of aryl methyl sites for hydroxylation is 2.